The molecule has 82 valence electrons. The first-order valence-corrected chi connectivity index (χ1v) is 5.21. The third kappa shape index (κ3) is 3.36. The van der Waals surface area contributed by atoms with Gasteiger partial charge in [-0.15, -0.1) is 5.06 Å². The van der Waals surface area contributed by atoms with E-state index in [4.69, 9.17) is 4.84 Å². The SMILES string of the molecule is CCN(CC)OC(=O)c1ccc(C)cc1. The molecule has 1 aromatic carbocycles. The Bertz CT molecular complexity index is 315. The molecule has 0 aromatic heterocycles. The van der Waals surface area contributed by atoms with E-state index >= 15 is 0 Å². The van der Waals surface area contributed by atoms with Gasteiger partial charge >= 0.3 is 5.97 Å². The van der Waals surface area contributed by atoms with Gasteiger partial charge in [0.1, 0.15) is 0 Å². The Balaban J connectivity index is 2.64. The fourth-order valence-corrected chi connectivity index (χ4v) is 1.21. The number of hydrogen-bond acceptors (Lipinski definition) is 3. The third-order valence-corrected chi connectivity index (χ3v) is 2.20. The normalized spacial score (nSPS) is 10.4. The Morgan fingerprint density at radius 2 is 1.73 bits per heavy atom. The summed E-state index contributed by atoms with van der Waals surface area (Å²) in [5, 5.41) is 1.63. The van der Waals surface area contributed by atoms with Crippen LogP contribution in [0.4, 0.5) is 0 Å². The molecule has 0 aliphatic rings. The van der Waals surface area contributed by atoms with E-state index in [-0.39, 0.29) is 5.97 Å². The fraction of sp³-hybridized carbons (Fsp3) is 0.417. The predicted octanol–water partition coefficient (Wildman–Crippen LogP) is 2.41. The van der Waals surface area contributed by atoms with E-state index in [2.05, 4.69) is 0 Å². The second kappa shape index (κ2) is 5.51. The van der Waals surface area contributed by atoms with Gasteiger partial charge in [-0.05, 0) is 32.9 Å². The van der Waals surface area contributed by atoms with Crippen LogP contribution in [0, 0.1) is 6.92 Å². The highest BCUT2D eigenvalue weighted by Gasteiger charge is 2.10. The zero-order valence-corrected chi connectivity index (χ0v) is 9.49. The smallest absolute Gasteiger partial charge is 0.357 e. The Morgan fingerprint density at radius 1 is 1.20 bits per heavy atom. The predicted molar refractivity (Wildman–Crippen MR) is 59.5 cm³/mol. The average Bonchev–Trinajstić information content (AvgIpc) is 2.26. The molecule has 0 heterocycles. The summed E-state index contributed by atoms with van der Waals surface area (Å²) in [5.41, 5.74) is 1.72. The molecule has 0 radical (unpaired) electrons. The number of carbonyl (C=O) groups is 1. The van der Waals surface area contributed by atoms with Crippen molar-refractivity contribution in [1.82, 2.24) is 5.06 Å². The molecule has 0 unspecified atom stereocenters. The summed E-state index contributed by atoms with van der Waals surface area (Å²) in [7, 11) is 0. The van der Waals surface area contributed by atoms with Crippen LogP contribution >= 0.6 is 0 Å². The van der Waals surface area contributed by atoms with E-state index in [1.807, 2.05) is 32.9 Å². The van der Waals surface area contributed by atoms with Crippen LogP contribution in [-0.4, -0.2) is 24.1 Å². The van der Waals surface area contributed by atoms with Crippen LogP contribution in [0.5, 0.6) is 0 Å². The summed E-state index contributed by atoms with van der Waals surface area (Å²) >= 11 is 0. The summed E-state index contributed by atoms with van der Waals surface area (Å²) in [4.78, 5) is 16.8. The first-order valence-electron chi connectivity index (χ1n) is 5.21. The maximum Gasteiger partial charge on any atom is 0.357 e. The minimum Gasteiger partial charge on any atom is -0.364 e. The largest absolute Gasteiger partial charge is 0.364 e. The molecular weight excluding hydrogens is 190 g/mol. The first kappa shape index (κ1) is 11.7. The fourth-order valence-electron chi connectivity index (χ4n) is 1.21. The van der Waals surface area contributed by atoms with Crippen LogP contribution < -0.4 is 0 Å². The van der Waals surface area contributed by atoms with Crippen molar-refractivity contribution in [3.63, 3.8) is 0 Å². The van der Waals surface area contributed by atoms with Gasteiger partial charge in [-0.1, -0.05) is 17.7 Å². The van der Waals surface area contributed by atoms with E-state index in [0.717, 1.165) is 5.56 Å². The number of carbonyl (C=O) groups excluding carboxylic acids is 1. The van der Waals surface area contributed by atoms with Crippen LogP contribution in [0.1, 0.15) is 29.8 Å². The maximum atomic E-state index is 11.6. The standard InChI is InChI=1S/C12H17NO2/c1-4-13(5-2)15-12(14)11-8-6-10(3)7-9-11/h6-9H,4-5H2,1-3H3. The van der Waals surface area contributed by atoms with Crippen molar-refractivity contribution in [3.8, 4) is 0 Å². The Hall–Kier alpha value is -1.35. The van der Waals surface area contributed by atoms with Crippen LogP contribution in [0.15, 0.2) is 24.3 Å². The van der Waals surface area contributed by atoms with Gasteiger partial charge in [-0.2, -0.15) is 0 Å². The van der Waals surface area contributed by atoms with Crippen LogP contribution in [0.25, 0.3) is 0 Å². The molecule has 0 spiro atoms. The minimum atomic E-state index is -0.293. The highest BCUT2D eigenvalue weighted by molar-refractivity contribution is 5.89. The molecule has 1 aromatic rings. The first-order chi connectivity index (χ1) is 7.17. The molecule has 0 atom stereocenters. The van der Waals surface area contributed by atoms with Gasteiger partial charge in [0.05, 0.1) is 5.56 Å². The number of hydroxylamine groups is 2. The summed E-state index contributed by atoms with van der Waals surface area (Å²) < 4.78 is 0. The van der Waals surface area contributed by atoms with Crippen molar-refractivity contribution in [2.75, 3.05) is 13.1 Å². The molecule has 0 aliphatic heterocycles. The molecule has 0 saturated heterocycles. The van der Waals surface area contributed by atoms with Gasteiger partial charge in [0.2, 0.25) is 0 Å². The summed E-state index contributed by atoms with van der Waals surface area (Å²) in [6.07, 6.45) is 0. The van der Waals surface area contributed by atoms with E-state index < -0.39 is 0 Å². The van der Waals surface area contributed by atoms with E-state index in [9.17, 15) is 4.79 Å². The van der Waals surface area contributed by atoms with Gasteiger partial charge in [-0.25, -0.2) is 4.79 Å². The quantitative estimate of drug-likeness (QED) is 0.710. The zero-order valence-electron chi connectivity index (χ0n) is 9.49. The Kier molecular flexibility index (Phi) is 4.31. The van der Waals surface area contributed by atoms with Crippen LogP contribution in [0.3, 0.4) is 0 Å². The third-order valence-electron chi connectivity index (χ3n) is 2.20. The highest BCUT2D eigenvalue weighted by atomic mass is 16.7. The minimum absolute atomic E-state index is 0.293. The molecule has 1 rings (SSSR count). The molecule has 0 bridgehead atoms. The summed E-state index contributed by atoms with van der Waals surface area (Å²) in [6.45, 7) is 7.29. The molecule has 15 heavy (non-hydrogen) atoms. The van der Waals surface area contributed by atoms with Crippen molar-refractivity contribution < 1.29 is 9.63 Å². The lowest BCUT2D eigenvalue weighted by Gasteiger charge is -2.16. The van der Waals surface area contributed by atoms with Crippen molar-refractivity contribution in [2.45, 2.75) is 20.8 Å². The molecule has 0 saturated carbocycles. The summed E-state index contributed by atoms with van der Waals surface area (Å²) in [6, 6.07) is 7.36. The number of hydrogen-bond donors (Lipinski definition) is 0. The molecule has 3 heteroatoms. The second-order valence-electron chi connectivity index (χ2n) is 3.36. The van der Waals surface area contributed by atoms with Crippen molar-refractivity contribution in [2.24, 2.45) is 0 Å². The highest BCUT2D eigenvalue weighted by Crippen LogP contribution is 2.06. The summed E-state index contributed by atoms with van der Waals surface area (Å²) in [5.74, 6) is -0.293. The molecule has 3 nitrogen and oxygen atoms in total. The number of nitrogens with zero attached hydrogens (tertiary/aromatic N) is 1. The van der Waals surface area contributed by atoms with E-state index in [1.165, 1.54) is 0 Å². The van der Waals surface area contributed by atoms with Gasteiger partial charge in [0, 0.05) is 13.1 Å². The molecule has 0 amide bonds. The lowest BCUT2D eigenvalue weighted by molar-refractivity contribution is -0.103. The zero-order chi connectivity index (χ0) is 11.3. The van der Waals surface area contributed by atoms with Gasteiger partial charge in [-0.3, -0.25) is 0 Å². The van der Waals surface area contributed by atoms with Crippen molar-refractivity contribution in [3.05, 3.63) is 35.4 Å². The number of aryl methyl sites for hydroxylation is 1. The number of rotatable bonds is 4. The topological polar surface area (TPSA) is 29.5 Å². The van der Waals surface area contributed by atoms with Gasteiger partial charge in [0.25, 0.3) is 0 Å². The van der Waals surface area contributed by atoms with Gasteiger partial charge in [0.15, 0.2) is 0 Å². The van der Waals surface area contributed by atoms with Crippen LogP contribution in [-0.2, 0) is 4.84 Å². The van der Waals surface area contributed by atoms with Gasteiger partial charge < -0.3 is 4.84 Å². The monoisotopic (exact) mass is 207 g/mol. The maximum absolute atomic E-state index is 11.6. The Labute approximate surface area is 90.6 Å². The molecular formula is C12H17NO2. The van der Waals surface area contributed by atoms with Crippen molar-refractivity contribution >= 4 is 5.97 Å². The van der Waals surface area contributed by atoms with Crippen LogP contribution in [0.2, 0.25) is 0 Å². The molecule has 0 N–H and O–H groups in total. The lowest BCUT2D eigenvalue weighted by Crippen LogP contribution is -2.26. The second-order valence-corrected chi connectivity index (χ2v) is 3.36. The van der Waals surface area contributed by atoms with E-state index in [1.54, 1.807) is 17.2 Å². The lowest BCUT2D eigenvalue weighted by atomic mass is 10.2. The molecule has 0 fully saturated rings. The van der Waals surface area contributed by atoms with E-state index in [0.29, 0.717) is 18.7 Å². The number of benzene rings is 1. The molecule has 0 aliphatic carbocycles. The average molecular weight is 207 g/mol. The Morgan fingerprint density at radius 3 is 2.20 bits per heavy atom. The van der Waals surface area contributed by atoms with Crippen molar-refractivity contribution in [1.29, 1.82) is 0 Å².